The minimum atomic E-state index is 0.0448. The van der Waals surface area contributed by atoms with Gasteiger partial charge in [-0.1, -0.05) is 75.7 Å². The molecule has 4 unspecified atom stereocenters. The van der Waals surface area contributed by atoms with E-state index >= 15 is 0 Å². The van der Waals surface area contributed by atoms with E-state index in [-0.39, 0.29) is 11.9 Å². The third-order valence-electron chi connectivity index (χ3n) is 5.68. The van der Waals surface area contributed by atoms with E-state index in [0.29, 0.717) is 41.0 Å². The molecule has 5 nitrogen and oxygen atoms in total. The van der Waals surface area contributed by atoms with Crippen molar-refractivity contribution in [2.24, 2.45) is 11.8 Å². The van der Waals surface area contributed by atoms with Gasteiger partial charge in [0.05, 0.1) is 5.75 Å². The van der Waals surface area contributed by atoms with E-state index in [1.807, 2.05) is 18.2 Å². The first-order chi connectivity index (χ1) is 13.0. The Hall–Kier alpha value is -1.82. The number of benzene rings is 1. The first-order valence-electron chi connectivity index (χ1n) is 9.82. The van der Waals surface area contributed by atoms with Crippen LogP contribution in [0.5, 0.6) is 0 Å². The Labute approximate surface area is 165 Å². The molecule has 4 atom stereocenters. The molecular weight excluding hydrogens is 358 g/mol. The highest BCUT2D eigenvalue weighted by Gasteiger charge is 2.28. The second kappa shape index (κ2) is 9.40. The van der Waals surface area contributed by atoms with Gasteiger partial charge >= 0.3 is 0 Å². The first kappa shape index (κ1) is 19.9. The van der Waals surface area contributed by atoms with Crippen molar-refractivity contribution < 1.29 is 9.21 Å². The van der Waals surface area contributed by atoms with Gasteiger partial charge < -0.3 is 9.73 Å². The van der Waals surface area contributed by atoms with Gasteiger partial charge in [-0.05, 0) is 29.7 Å². The number of rotatable bonds is 7. The maximum atomic E-state index is 12.3. The fraction of sp³-hybridized carbons (Fsp3) is 0.571. The van der Waals surface area contributed by atoms with Crippen molar-refractivity contribution in [1.82, 2.24) is 15.5 Å². The quantitative estimate of drug-likeness (QED) is 0.711. The zero-order valence-electron chi connectivity index (χ0n) is 16.4. The molecule has 2 aromatic rings. The number of thioether (sulfide) groups is 1. The van der Waals surface area contributed by atoms with Crippen molar-refractivity contribution in [1.29, 1.82) is 0 Å². The number of nitrogens with one attached hydrogen (secondary N) is 1. The predicted molar refractivity (Wildman–Crippen MR) is 108 cm³/mol. The summed E-state index contributed by atoms with van der Waals surface area (Å²) in [4.78, 5) is 12.3. The summed E-state index contributed by atoms with van der Waals surface area (Å²) in [6.07, 6.45) is 4.22. The van der Waals surface area contributed by atoms with Crippen LogP contribution in [-0.4, -0.2) is 27.9 Å². The van der Waals surface area contributed by atoms with Crippen molar-refractivity contribution in [2.45, 2.75) is 63.6 Å². The maximum absolute atomic E-state index is 12.3. The van der Waals surface area contributed by atoms with Crippen molar-refractivity contribution in [2.75, 3.05) is 5.75 Å². The number of carbonyl (C=O) groups excluding carboxylic acids is 1. The largest absolute Gasteiger partial charge is 0.416 e. The van der Waals surface area contributed by atoms with E-state index in [0.717, 1.165) is 6.42 Å². The van der Waals surface area contributed by atoms with Crippen LogP contribution in [0.2, 0.25) is 0 Å². The lowest BCUT2D eigenvalue weighted by molar-refractivity contribution is -0.120. The van der Waals surface area contributed by atoms with E-state index < -0.39 is 0 Å². The molecule has 1 fully saturated rings. The molecule has 27 heavy (non-hydrogen) atoms. The molecule has 0 spiro atoms. The van der Waals surface area contributed by atoms with Crippen LogP contribution in [0, 0.1) is 11.8 Å². The van der Waals surface area contributed by atoms with E-state index in [2.05, 4.69) is 48.4 Å². The topological polar surface area (TPSA) is 68.0 Å². The Morgan fingerprint density at radius 1 is 1.26 bits per heavy atom. The third-order valence-corrected chi connectivity index (χ3v) is 6.50. The van der Waals surface area contributed by atoms with Gasteiger partial charge in [-0.2, -0.15) is 0 Å². The Balaban J connectivity index is 1.46. The molecule has 0 aliphatic heterocycles. The molecule has 1 N–H and O–H groups in total. The molecule has 0 radical (unpaired) electrons. The van der Waals surface area contributed by atoms with Crippen molar-refractivity contribution in [3.8, 4) is 0 Å². The molecule has 1 aromatic heterocycles. The van der Waals surface area contributed by atoms with Gasteiger partial charge in [-0.25, -0.2) is 0 Å². The standard InChI is InChI=1S/C21H29N3O2S/c1-14-8-7-11-18(16(14)3)22-19(25)13-27-21-24-23-20(26-21)12-15(2)17-9-5-4-6-10-17/h4-6,9-10,14-16,18H,7-8,11-13H2,1-3H3,(H,22,25). The summed E-state index contributed by atoms with van der Waals surface area (Å²) in [6.45, 7) is 6.65. The smallest absolute Gasteiger partial charge is 0.277 e. The van der Waals surface area contributed by atoms with Gasteiger partial charge in [-0.15, -0.1) is 10.2 Å². The summed E-state index contributed by atoms with van der Waals surface area (Å²) in [6, 6.07) is 10.6. The molecule has 146 valence electrons. The van der Waals surface area contributed by atoms with Crippen LogP contribution >= 0.6 is 11.8 Å². The molecule has 1 heterocycles. The lowest BCUT2D eigenvalue weighted by atomic mass is 9.78. The number of aromatic nitrogens is 2. The zero-order chi connectivity index (χ0) is 19.2. The Morgan fingerprint density at radius 3 is 2.81 bits per heavy atom. The second-order valence-corrected chi connectivity index (χ2v) is 8.63. The predicted octanol–water partition coefficient (Wildman–Crippen LogP) is 4.45. The third kappa shape index (κ3) is 5.58. The van der Waals surface area contributed by atoms with Gasteiger partial charge in [0, 0.05) is 12.5 Å². The fourth-order valence-electron chi connectivity index (χ4n) is 3.70. The number of hydrogen-bond donors (Lipinski definition) is 1. The highest BCUT2D eigenvalue weighted by Crippen LogP contribution is 2.29. The minimum Gasteiger partial charge on any atom is -0.416 e. The molecule has 1 amide bonds. The zero-order valence-corrected chi connectivity index (χ0v) is 17.2. The van der Waals surface area contributed by atoms with Crippen LogP contribution in [0.1, 0.15) is 57.4 Å². The molecular formula is C21H29N3O2S. The lowest BCUT2D eigenvalue weighted by Crippen LogP contribution is -2.44. The molecule has 6 heteroatoms. The Morgan fingerprint density at radius 2 is 2.04 bits per heavy atom. The second-order valence-electron chi connectivity index (χ2n) is 7.71. The summed E-state index contributed by atoms with van der Waals surface area (Å²) >= 11 is 1.31. The van der Waals surface area contributed by atoms with Gasteiger partial charge in [0.15, 0.2) is 0 Å². The van der Waals surface area contributed by atoms with Gasteiger partial charge in [0.2, 0.25) is 11.8 Å². The molecule has 1 aliphatic rings. The maximum Gasteiger partial charge on any atom is 0.277 e. The molecule has 0 saturated heterocycles. The molecule has 3 rings (SSSR count). The average molecular weight is 388 g/mol. The lowest BCUT2D eigenvalue weighted by Gasteiger charge is -2.34. The molecule has 0 bridgehead atoms. The summed E-state index contributed by atoms with van der Waals surface area (Å²) < 4.78 is 5.72. The van der Waals surface area contributed by atoms with E-state index in [9.17, 15) is 4.79 Å². The highest BCUT2D eigenvalue weighted by atomic mass is 32.2. The van der Waals surface area contributed by atoms with Crippen LogP contribution in [0.3, 0.4) is 0 Å². The fourth-order valence-corrected chi connectivity index (χ4v) is 4.29. The van der Waals surface area contributed by atoms with Crippen molar-refractivity contribution >= 4 is 17.7 Å². The number of carbonyl (C=O) groups is 1. The first-order valence-corrected chi connectivity index (χ1v) is 10.8. The summed E-state index contributed by atoms with van der Waals surface area (Å²) in [5.74, 6) is 2.48. The van der Waals surface area contributed by atoms with Crippen molar-refractivity contribution in [3.05, 3.63) is 41.8 Å². The SMILES string of the molecule is CC(Cc1nnc(SCC(=O)NC2CCCC(C)C2C)o1)c1ccccc1. The highest BCUT2D eigenvalue weighted by molar-refractivity contribution is 7.99. The van der Waals surface area contributed by atoms with E-state index in [1.165, 1.54) is 30.2 Å². The van der Waals surface area contributed by atoms with Crippen LogP contribution in [-0.2, 0) is 11.2 Å². The molecule has 1 aromatic carbocycles. The molecule has 1 saturated carbocycles. The number of amides is 1. The van der Waals surface area contributed by atoms with Gasteiger partial charge in [-0.3, -0.25) is 4.79 Å². The minimum absolute atomic E-state index is 0.0448. The summed E-state index contributed by atoms with van der Waals surface area (Å²) in [7, 11) is 0. The number of hydrogen-bond acceptors (Lipinski definition) is 5. The average Bonchev–Trinajstić information content (AvgIpc) is 3.12. The Kier molecular flexibility index (Phi) is 6.94. The number of nitrogens with zero attached hydrogens (tertiary/aromatic N) is 2. The van der Waals surface area contributed by atoms with Crippen LogP contribution in [0.25, 0.3) is 0 Å². The normalized spacial score (nSPS) is 23.7. The van der Waals surface area contributed by atoms with E-state index in [4.69, 9.17) is 4.42 Å². The van der Waals surface area contributed by atoms with Crippen LogP contribution < -0.4 is 5.32 Å². The summed E-state index contributed by atoms with van der Waals surface area (Å²) in [5, 5.41) is 11.8. The van der Waals surface area contributed by atoms with E-state index in [1.54, 1.807) is 0 Å². The van der Waals surface area contributed by atoms with Crippen molar-refractivity contribution in [3.63, 3.8) is 0 Å². The Bertz CT molecular complexity index is 734. The van der Waals surface area contributed by atoms with Crippen LogP contribution in [0.4, 0.5) is 0 Å². The summed E-state index contributed by atoms with van der Waals surface area (Å²) in [5.41, 5.74) is 1.25. The van der Waals surface area contributed by atoms with Gasteiger partial charge in [0.25, 0.3) is 5.22 Å². The van der Waals surface area contributed by atoms with Gasteiger partial charge in [0.1, 0.15) is 0 Å². The molecule has 1 aliphatic carbocycles. The monoisotopic (exact) mass is 387 g/mol. The van der Waals surface area contributed by atoms with Crippen LogP contribution in [0.15, 0.2) is 40.0 Å².